The van der Waals surface area contributed by atoms with Crippen LogP contribution in [0.25, 0.3) is 17.0 Å². The van der Waals surface area contributed by atoms with Gasteiger partial charge in [-0.1, -0.05) is 44.4 Å². The molecule has 0 radical (unpaired) electrons. The first kappa shape index (κ1) is 25.4. The Balaban J connectivity index is 1.87. The van der Waals surface area contributed by atoms with Crippen molar-refractivity contribution in [2.75, 3.05) is 13.2 Å². The van der Waals surface area contributed by atoms with Gasteiger partial charge in [-0.05, 0) is 29.8 Å². The molecule has 5 nitrogen and oxygen atoms in total. The Bertz CT molecular complexity index is 1230. The van der Waals surface area contributed by atoms with Gasteiger partial charge in [0, 0.05) is 37.9 Å². The van der Waals surface area contributed by atoms with Crippen molar-refractivity contribution in [3.8, 4) is 11.5 Å². The third-order valence-electron chi connectivity index (χ3n) is 5.28. The summed E-state index contributed by atoms with van der Waals surface area (Å²) in [5.74, 6) is -1.59. The predicted octanol–water partition coefficient (Wildman–Crippen LogP) is 6.56. The monoisotopic (exact) mass is 483 g/mol. The molecule has 0 aliphatic rings. The summed E-state index contributed by atoms with van der Waals surface area (Å²) in [5.41, 5.74) is 7.75. The molecule has 0 aliphatic heterocycles. The summed E-state index contributed by atoms with van der Waals surface area (Å²) in [5, 5.41) is 0.250. The van der Waals surface area contributed by atoms with Gasteiger partial charge < -0.3 is 19.8 Å². The van der Waals surface area contributed by atoms with Crippen LogP contribution in [0.5, 0.6) is 11.5 Å². The second-order valence-electron chi connectivity index (χ2n) is 9.14. The molecule has 2 aromatic carbocycles. The highest BCUT2D eigenvalue weighted by atomic mass is 28.3. The molecule has 1 heterocycles. The highest BCUT2D eigenvalue weighted by molar-refractivity contribution is 6.76. The molecule has 3 aromatic rings. The Morgan fingerprint density at radius 2 is 1.94 bits per heavy atom. The summed E-state index contributed by atoms with van der Waals surface area (Å²) in [6.45, 7) is 15.4. The minimum atomic E-state index is -1.22. The van der Waals surface area contributed by atoms with Crippen molar-refractivity contribution >= 4 is 30.9 Å². The van der Waals surface area contributed by atoms with Gasteiger partial charge in [0.05, 0.1) is 12.1 Å². The van der Waals surface area contributed by atoms with E-state index in [9.17, 15) is 4.39 Å². The van der Waals surface area contributed by atoms with Crippen LogP contribution in [0.4, 0.5) is 8.78 Å². The summed E-state index contributed by atoms with van der Waals surface area (Å²) >= 11 is 0. The lowest BCUT2D eigenvalue weighted by Gasteiger charge is -2.16. The van der Waals surface area contributed by atoms with Gasteiger partial charge in [0.1, 0.15) is 18.3 Å². The fourth-order valence-electron chi connectivity index (χ4n) is 3.36. The number of halogens is 2. The topological polar surface area (TPSA) is 61.8 Å². The van der Waals surface area contributed by atoms with Crippen LogP contribution in [0.15, 0.2) is 60.8 Å². The molecule has 0 fully saturated rings. The zero-order chi connectivity index (χ0) is 24.9. The normalized spacial score (nSPS) is 12.2. The van der Waals surface area contributed by atoms with Gasteiger partial charge in [-0.3, -0.25) is 4.99 Å². The van der Waals surface area contributed by atoms with Crippen LogP contribution in [0.2, 0.25) is 25.7 Å². The number of aliphatic imine (C=N–C) groups is 1. The summed E-state index contributed by atoms with van der Waals surface area (Å²) in [4.78, 5) is 4.20. The molecule has 3 rings (SSSR count). The summed E-state index contributed by atoms with van der Waals surface area (Å²) in [7, 11) is -1.22. The fraction of sp³-hybridized carbons (Fsp3) is 0.269. The Hall–Kier alpha value is -3.23. The number of fused-ring (bicyclic) bond motifs is 1. The summed E-state index contributed by atoms with van der Waals surface area (Å²) < 4.78 is 43.3. The minimum absolute atomic E-state index is 0.225. The largest absolute Gasteiger partial charge is 0.451 e. The van der Waals surface area contributed by atoms with Crippen molar-refractivity contribution in [1.82, 2.24) is 4.57 Å². The van der Waals surface area contributed by atoms with E-state index in [2.05, 4.69) is 37.8 Å². The summed E-state index contributed by atoms with van der Waals surface area (Å²) in [6.07, 6.45) is 4.92. The minimum Gasteiger partial charge on any atom is -0.451 e. The average molecular weight is 484 g/mol. The molecule has 0 bridgehead atoms. The lowest BCUT2D eigenvalue weighted by Crippen LogP contribution is -2.21. The van der Waals surface area contributed by atoms with Crippen LogP contribution >= 0.6 is 0 Å². The van der Waals surface area contributed by atoms with Gasteiger partial charge in [-0.15, -0.1) is 6.58 Å². The highest BCUT2D eigenvalue weighted by Gasteiger charge is 2.19. The number of nitrogens with zero attached hydrogens (tertiary/aromatic N) is 2. The first-order valence-corrected chi connectivity index (χ1v) is 14.8. The first-order valence-electron chi connectivity index (χ1n) is 11.0. The zero-order valence-electron chi connectivity index (χ0n) is 19.9. The van der Waals surface area contributed by atoms with Gasteiger partial charge >= 0.3 is 0 Å². The molecule has 0 saturated carbocycles. The lowest BCUT2D eigenvalue weighted by molar-refractivity contribution is 0.0902. The molecule has 180 valence electrons. The number of aromatic nitrogens is 1. The van der Waals surface area contributed by atoms with Gasteiger partial charge in [0.25, 0.3) is 0 Å². The quantitative estimate of drug-likeness (QED) is 0.110. The van der Waals surface area contributed by atoms with Crippen molar-refractivity contribution in [3.05, 3.63) is 78.5 Å². The van der Waals surface area contributed by atoms with E-state index in [1.165, 1.54) is 6.07 Å². The Labute approximate surface area is 200 Å². The first-order chi connectivity index (χ1) is 16.1. The van der Waals surface area contributed by atoms with E-state index < -0.39 is 25.5 Å². The van der Waals surface area contributed by atoms with Gasteiger partial charge in [-0.2, -0.15) is 0 Å². The molecule has 0 amide bonds. The number of rotatable bonds is 11. The lowest BCUT2D eigenvalue weighted by atomic mass is 10.1. The van der Waals surface area contributed by atoms with Gasteiger partial charge in [-0.25, -0.2) is 8.78 Å². The number of amidine groups is 1. The molecule has 8 heteroatoms. The van der Waals surface area contributed by atoms with Crippen LogP contribution in [0.1, 0.15) is 11.1 Å². The Morgan fingerprint density at radius 3 is 2.62 bits per heavy atom. The van der Waals surface area contributed by atoms with E-state index in [1.54, 1.807) is 47.2 Å². The van der Waals surface area contributed by atoms with Crippen LogP contribution in [0.3, 0.4) is 0 Å². The molecule has 34 heavy (non-hydrogen) atoms. The van der Waals surface area contributed by atoms with Gasteiger partial charge in [0.2, 0.25) is 0 Å². The van der Waals surface area contributed by atoms with Crippen LogP contribution in [-0.2, 0) is 11.5 Å². The Morgan fingerprint density at radius 1 is 1.18 bits per heavy atom. The summed E-state index contributed by atoms with van der Waals surface area (Å²) in [6, 6.07) is 8.75. The van der Waals surface area contributed by atoms with Crippen LogP contribution in [0, 0.1) is 11.6 Å². The molecule has 0 aliphatic carbocycles. The second-order valence-corrected chi connectivity index (χ2v) is 14.8. The fourth-order valence-corrected chi connectivity index (χ4v) is 4.11. The molecule has 0 saturated heterocycles. The molecule has 1 aromatic heterocycles. The molecule has 2 N–H and O–H groups in total. The van der Waals surface area contributed by atoms with Crippen molar-refractivity contribution in [2.45, 2.75) is 32.4 Å². The number of benzene rings is 2. The second kappa shape index (κ2) is 10.8. The molecule has 0 atom stereocenters. The zero-order valence-corrected chi connectivity index (χ0v) is 20.9. The maximum atomic E-state index is 15.3. The molecule has 0 spiro atoms. The van der Waals surface area contributed by atoms with Crippen molar-refractivity contribution < 1.29 is 18.3 Å². The van der Waals surface area contributed by atoms with E-state index in [0.29, 0.717) is 24.2 Å². The standard InChI is InChI=1S/C26H31F2N3O2Si/c1-6-11-30-26(29)21-15-19(9-8-18(21)7-2)33-25-22(27)16-23-20(24(25)28)10-12-31(23)17-32-13-14-34(3,4)5/h6-10,12,15-16H,1-2,11,13-14,17H2,3-5H3,(H2,29,30). The average Bonchev–Trinajstić information content (AvgIpc) is 3.19. The number of hydrogen-bond acceptors (Lipinski definition) is 3. The molecular weight excluding hydrogens is 452 g/mol. The third-order valence-corrected chi connectivity index (χ3v) is 6.98. The third kappa shape index (κ3) is 6.01. The highest BCUT2D eigenvalue weighted by Crippen LogP contribution is 2.34. The SMILES string of the molecule is C=CCN=C(N)c1cc(Oc2c(F)cc3c(ccn3COCC[Si](C)(C)C)c2F)ccc1C=C. The molecular formula is C26H31F2N3O2Si. The number of hydrogen-bond donors (Lipinski definition) is 1. The number of ether oxygens (including phenoxy) is 2. The maximum absolute atomic E-state index is 15.3. The maximum Gasteiger partial charge on any atom is 0.199 e. The van der Waals surface area contributed by atoms with Crippen molar-refractivity contribution in [2.24, 2.45) is 10.7 Å². The van der Waals surface area contributed by atoms with Crippen molar-refractivity contribution in [1.29, 1.82) is 0 Å². The van der Waals surface area contributed by atoms with E-state index >= 15 is 4.39 Å². The van der Waals surface area contributed by atoms with Crippen LogP contribution < -0.4 is 10.5 Å². The van der Waals surface area contributed by atoms with E-state index in [4.69, 9.17) is 15.2 Å². The van der Waals surface area contributed by atoms with Gasteiger partial charge in [0.15, 0.2) is 17.4 Å². The smallest absolute Gasteiger partial charge is 0.199 e. The van der Waals surface area contributed by atoms with Crippen molar-refractivity contribution in [3.63, 3.8) is 0 Å². The number of nitrogens with two attached hydrogens (primary N) is 1. The van der Waals surface area contributed by atoms with E-state index in [0.717, 1.165) is 11.6 Å². The van der Waals surface area contributed by atoms with E-state index in [1.807, 2.05) is 0 Å². The Kier molecular flexibility index (Phi) is 8.06. The van der Waals surface area contributed by atoms with Crippen LogP contribution in [-0.4, -0.2) is 31.6 Å². The van der Waals surface area contributed by atoms with E-state index in [-0.39, 0.29) is 23.7 Å². The predicted molar refractivity (Wildman–Crippen MR) is 138 cm³/mol. The molecule has 0 unspecified atom stereocenters.